The van der Waals surface area contributed by atoms with Crippen LogP contribution in [0.5, 0.6) is 5.75 Å². The van der Waals surface area contributed by atoms with Gasteiger partial charge in [0.1, 0.15) is 5.75 Å². The van der Waals surface area contributed by atoms with Gasteiger partial charge in [-0.3, -0.25) is 0 Å². The molecule has 2 rings (SSSR count). The van der Waals surface area contributed by atoms with E-state index in [1.54, 1.807) is 13.0 Å². The molecular formula is C15H21ClN2O3. The Morgan fingerprint density at radius 1 is 1.48 bits per heavy atom. The fraction of sp³-hybridized carbons (Fsp3) is 0.533. The first-order chi connectivity index (χ1) is 9.91. The van der Waals surface area contributed by atoms with Crippen molar-refractivity contribution in [1.29, 1.82) is 0 Å². The minimum Gasteiger partial charge on any atom is -0.493 e. The van der Waals surface area contributed by atoms with Crippen molar-refractivity contribution in [3.05, 3.63) is 28.3 Å². The number of ether oxygens (including phenoxy) is 1. The summed E-state index contributed by atoms with van der Waals surface area (Å²) in [6.07, 6.45) is 1.41. The first-order valence-electron chi connectivity index (χ1n) is 7.09. The first-order valence-corrected chi connectivity index (χ1v) is 7.47. The third-order valence-corrected chi connectivity index (χ3v) is 3.87. The number of urea groups is 1. The summed E-state index contributed by atoms with van der Waals surface area (Å²) in [5, 5.41) is 15.9. The summed E-state index contributed by atoms with van der Waals surface area (Å²) in [5.74, 6) is 0.820. The van der Waals surface area contributed by atoms with Crippen molar-refractivity contribution in [2.24, 2.45) is 0 Å². The van der Waals surface area contributed by atoms with Crippen LogP contribution in [0.15, 0.2) is 12.1 Å². The summed E-state index contributed by atoms with van der Waals surface area (Å²) in [6.45, 7) is 4.74. The molecule has 0 aromatic heterocycles. The van der Waals surface area contributed by atoms with Crippen molar-refractivity contribution in [2.45, 2.75) is 38.8 Å². The van der Waals surface area contributed by atoms with Crippen molar-refractivity contribution in [3.63, 3.8) is 0 Å². The third kappa shape index (κ3) is 4.25. The third-order valence-electron chi connectivity index (χ3n) is 3.66. The molecular weight excluding hydrogens is 292 g/mol. The largest absolute Gasteiger partial charge is 0.493 e. The molecule has 0 unspecified atom stereocenters. The molecule has 0 spiro atoms. The summed E-state index contributed by atoms with van der Waals surface area (Å²) < 4.78 is 5.58. The number of amides is 2. The van der Waals surface area contributed by atoms with Crippen LogP contribution in [-0.4, -0.2) is 29.9 Å². The van der Waals surface area contributed by atoms with Gasteiger partial charge in [-0.05, 0) is 31.0 Å². The Balaban J connectivity index is 1.90. The molecule has 1 aromatic carbocycles. The Hall–Kier alpha value is -1.46. The molecule has 0 saturated heterocycles. The molecule has 116 valence electrons. The number of rotatable bonds is 5. The smallest absolute Gasteiger partial charge is 0.315 e. The Morgan fingerprint density at radius 3 is 2.95 bits per heavy atom. The first kappa shape index (κ1) is 15.9. The number of benzene rings is 1. The number of hydrogen-bond donors (Lipinski definition) is 3. The molecule has 1 aromatic rings. The number of aliphatic hydroxyl groups is 1. The topological polar surface area (TPSA) is 70.6 Å². The molecule has 2 amide bonds. The van der Waals surface area contributed by atoms with Crippen molar-refractivity contribution >= 4 is 17.6 Å². The second-order valence-corrected chi connectivity index (χ2v) is 5.97. The average molecular weight is 313 g/mol. The molecule has 1 atom stereocenters. The number of carbonyl (C=O) groups is 1. The highest BCUT2D eigenvalue weighted by molar-refractivity contribution is 6.30. The highest BCUT2D eigenvalue weighted by atomic mass is 35.5. The number of halogens is 1. The van der Waals surface area contributed by atoms with Gasteiger partial charge in [0.2, 0.25) is 0 Å². The lowest BCUT2D eigenvalue weighted by atomic mass is 10.0. The van der Waals surface area contributed by atoms with Gasteiger partial charge < -0.3 is 20.5 Å². The molecule has 5 nitrogen and oxygen atoms in total. The zero-order valence-corrected chi connectivity index (χ0v) is 13.1. The van der Waals surface area contributed by atoms with E-state index in [0.29, 0.717) is 24.6 Å². The summed E-state index contributed by atoms with van der Waals surface area (Å²) >= 11 is 6.07. The van der Waals surface area contributed by atoms with Crippen LogP contribution in [0.2, 0.25) is 5.02 Å². The Morgan fingerprint density at radius 2 is 2.24 bits per heavy atom. The van der Waals surface area contributed by atoms with E-state index < -0.39 is 5.60 Å². The van der Waals surface area contributed by atoms with Gasteiger partial charge in [0.15, 0.2) is 0 Å². The molecule has 0 bridgehead atoms. The number of carbonyl (C=O) groups excluding carboxylic acids is 1. The average Bonchev–Trinajstić information content (AvgIpc) is 2.90. The van der Waals surface area contributed by atoms with Crippen LogP contribution >= 0.6 is 11.6 Å². The van der Waals surface area contributed by atoms with Gasteiger partial charge in [0.25, 0.3) is 0 Å². The van der Waals surface area contributed by atoms with E-state index >= 15 is 0 Å². The second-order valence-electron chi connectivity index (χ2n) is 5.54. The highest BCUT2D eigenvalue weighted by Gasteiger charge is 2.20. The summed E-state index contributed by atoms with van der Waals surface area (Å²) in [7, 11) is 0. The molecule has 1 heterocycles. The lowest BCUT2D eigenvalue weighted by Crippen LogP contribution is -2.44. The molecule has 21 heavy (non-hydrogen) atoms. The van der Waals surface area contributed by atoms with E-state index in [4.69, 9.17) is 16.3 Å². The van der Waals surface area contributed by atoms with Gasteiger partial charge >= 0.3 is 6.03 Å². The van der Waals surface area contributed by atoms with Gasteiger partial charge in [-0.15, -0.1) is 0 Å². The van der Waals surface area contributed by atoms with Crippen LogP contribution < -0.4 is 15.4 Å². The molecule has 0 saturated carbocycles. The molecule has 6 heteroatoms. The predicted molar refractivity (Wildman–Crippen MR) is 81.8 cm³/mol. The van der Waals surface area contributed by atoms with Gasteiger partial charge in [0, 0.05) is 30.1 Å². The minimum absolute atomic E-state index is 0.208. The number of nitrogens with one attached hydrogen (secondary N) is 2. The molecule has 0 aliphatic carbocycles. The van der Waals surface area contributed by atoms with Crippen molar-refractivity contribution in [3.8, 4) is 5.75 Å². The van der Waals surface area contributed by atoms with E-state index in [9.17, 15) is 9.90 Å². The van der Waals surface area contributed by atoms with Crippen LogP contribution in [0, 0.1) is 0 Å². The van der Waals surface area contributed by atoms with E-state index in [1.165, 1.54) is 0 Å². The van der Waals surface area contributed by atoms with Crippen LogP contribution in [-0.2, 0) is 13.0 Å². The standard InChI is InChI=1S/C15H21ClN2O3/c1-3-15(2,20)9-18-14(19)17-8-11-7-12(16)6-10-4-5-21-13(10)11/h6-7,20H,3-5,8-9H2,1-2H3,(H2,17,18,19)/t15-/m1/s1. The maximum Gasteiger partial charge on any atom is 0.315 e. The number of fused-ring (bicyclic) bond motifs is 1. The van der Waals surface area contributed by atoms with Gasteiger partial charge in [0.05, 0.1) is 12.2 Å². The highest BCUT2D eigenvalue weighted by Crippen LogP contribution is 2.32. The lowest BCUT2D eigenvalue weighted by molar-refractivity contribution is 0.0581. The zero-order valence-electron chi connectivity index (χ0n) is 12.3. The molecule has 0 fully saturated rings. The Bertz CT molecular complexity index is 532. The Labute approximate surface area is 129 Å². The van der Waals surface area contributed by atoms with E-state index in [-0.39, 0.29) is 12.6 Å². The van der Waals surface area contributed by atoms with Gasteiger partial charge in [-0.25, -0.2) is 4.79 Å². The fourth-order valence-corrected chi connectivity index (χ4v) is 2.37. The minimum atomic E-state index is -0.891. The molecule has 1 aliphatic heterocycles. The van der Waals surface area contributed by atoms with E-state index in [1.807, 2.05) is 13.0 Å². The van der Waals surface area contributed by atoms with Gasteiger partial charge in [-0.2, -0.15) is 0 Å². The molecule has 1 aliphatic rings. The fourth-order valence-electron chi connectivity index (χ4n) is 2.11. The van der Waals surface area contributed by atoms with Crippen LogP contribution in [0.3, 0.4) is 0 Å². The van der Waals surface area contributed by atoms with Crippen LogP contribution in [0.25, 0.3) is 0 Å². The monoisotopic (exact) mass is 312 g/mol. The maximum atomic E-state index is 11.8. The van der Waals surface area contributed by atoms with Gasteiger partial charge in [-0.1, -0.05) is 18.5 Å². The normalized spacial score (nSPS) is 15.8. The van der Waals surface area contributed by atoms with Crippen molar-refractivity contribution < 1.29 is 14.6 Å². The summed E-state index contributed by atoms with van der Waals surface area (Å²) in [4.78, 5) is 11.8. The lowest BCUT2D eigenvalue weighted by Gasteiger charge is -2.21. The maximum absolute atomic E-state index is 11.8. The Kier molecular flexibility index (Phi) is 4.96. The molecule has 3 N–H and O–H groups in total. The quantitative estimate of drug-likeness (QED) is 0.781. The zero-order chi connectivity index (χ0) is 15.5. The summed E-state index contributed by atoms with van der Waals surface area (Å²) in [6, 6.07) is 3.37. The van der Waals surface area contributed by atoms with Crippen molar-refractivity contribution in [2.75, 3.05) is 13.2 Å². The van der Waals surface area contributed by atoms with E-state index in [0.717, 1.165) is 23.3 Å². The number of hydrogen-bond acceptors (Lipinski definition) is 3. The van der Waals surface area contributed by atoms with Crippen LogP contribution in [0.4, 0.5) is 4.79 Å². The summed E-state index contributed by atoms with van der Waals surface area (Å²) in [5.41, 5.74) is 1.05. The SMILES string of the molecule is CC[C@@](C)(O)CNC(=O)NCc1cc(Cl)cc2c1OCC2. The van der Waals surface area contributed by atoms with Crippen molar-refractivity contribution in [1.82, 2.24) is 10.6 Å². The predicted octanol–water partition coefficient (Wildman–Crippen LogP) is 2.24. The molecule has 0 radical (unpaired) electrons. The van der Waals surface area contributed by atoms with E-state index in [2.05, 4.69) is 10.6 Å². The second kappa shape index (κ2) is 6.54. The van der Waals surface area contributed by atoms with Crippen LogP contribution in [0.1, 0.15) is 31.4 Å².